The van der Waals surface area contributed by atoms with Crippen molar-refractivity contribution in [2.24, 2.45) is 0 Å². The molecule has 2 N–H and O–H groups in total. The lowest BCUT2D eigenvalue weighted by molar-refractivity contribution is -0.137. The van der Waals surface area contributed by atoms with Crippen LogP contribution in [-0.2, 0) is 16.2 Å². The molecule has 0 saturated carbocycles. The van der Waals surface area contributed by atoms with E-state index >= 15 is 0 Å². The van der Waals surface area contributed by atoms with E-state index in [1.54, 1.807) is 0 Å². The summed E-state index contributed by atoms with van der Waals surface area (Å²) in [5.74, 6) is -0.298. The number of benzene rings is 2. The molecule has 32 heavy (non-hydrogen) atoms. The van der Waals surface area contributed by atoms with Crippen molar-refractivity contribution >= 4 is 27.4 Å². The Morgan fingerprint density at radius 1 is 1.03 bits per heavy atom. The number of carbonyl (C=O) groups is 1. The number of amides is 2. The van der Waals surface area contributed by atoms with Gasteiger partial charge in [-0.2, -0.15) is 17.5 Å². The number of hydrogen-bond acceptors (Lipinski definition) is 4. The number of hydrogen-bond donors (Lipinski definition) is 2. The molecule has 1 fully saturated rings. The van der Waals surface area contributed by atoms with Gasteiger partial charge in [0.1, 0.15) is 0 Å². The van der Waals surface area contributed by atoms with Gasteiger partial charge in [-0.25, -0.2) is 13.2 Å². The first-order valence-electron chi connectivity index (χ1n) is 10.1. The first kappa shape index (κ1) is 23.9. The fourth-order valence-electron chi connectivity index (χ4n) is 3.42. The average molecular weight is 471 g/mol. The van der Waals surface area contributed by atoms with E-state index in [9.17, 15) is 26.4 Å². The second-order valence-corrected chi connectivity index (χ2v) is 9.59. The summed E-state index contributed by atoms with van der Waals surface area (Å²) in [5, 5.41) is 4.66. The largest absolute Gasteiger partial charge is 0.416 e. The number of nitrogens with one attached hydrogen (secondary N) is 2. The van der Waals surface area contributed by atoms with Crippen molar-refractivity contribution in [3.63, 3.8) is 0 Å². The molecular weight excluding hydrogens is 445 g/mol. The molecule has 0 aromatic heterocycles. The van der Waals surface area contributed by atoms with Crippen LogP contribution in [0.1, 0.15) is 11.1 Å². The van der Waals surface area contributed by atoms with Crippen molar-refractivity contribution in [2.75, 3.05) is 48.7 Å². The van der Waals surface area contributed by atoms with Crippen LogP contribution in [0.4, 0.5) is 29.3 Å². The maximum atomic E-state index is 12.8. The minimum Gasteiger partial charge on any atom is -0.369 e. The average Bonchev–Trinajstić information content (AvgIpc) is 2.73. The number of sulfonamides is 1. The van der Waals surface area contributed by atoms with Crippen LogP contribution >= 0.6 is 0 Å². The normalized spacial score (nSPS) is 15.4. The molecule has 0 bridgehead atoms. The first-order chi connectivity index (χ1) is 15.0. The lowest BCUT2D eigenvalue weighted by Gasteiger charge is -2.35. The van der Waals surface area contributed by atoms with E-state index < -0.39 is 27.8 Å². The third-order valence-corrected chi connectivity index (χ3v) is 6.96. The first-order valence-corrected chi connectivity index (χ1v) is 11.7. The van der Waals surface area contributed by atoms with Gasteiger partial charge in [0.15, 0.2) is 0 Å². The monoisotopic (exact) mass is 470 g/mol. The van der Waals surface area contributed by atoms with Gasteiger partial charge in [-0.15, -0.1) is 0 Å². The molecule has 1 heterocycles. The predicted molar refractivity (Wildman–Crippen MR) is 117 cm³/mol. The third-order valence-electron chi connectivity index (χ3n) is 5.09. The summed E-state index contributed by atoms with van der Waals surface area (Å²) in [4.78, 5) is 14.1. The van der Waals surface area contributed by atoms with Gasteiger partial charge in [0.2, 0.25) is 10.0 Å². The molecule has 3 rings (SSSR count). The minimum atomic E-state index is -4.52. The van der Waals surface area contributed by atoms with Crippen LogP contribution in [0.3, 0.4) is 0 Å². The van der Waals surface area contributed by atoms with Gasteiger partial charge in [0.05, 0.1) is 11.3 Å². The van der Waals surface area contributed by atoms with E-state index in [1.165, 1.54) is 16.4 Å². The van der Waals surface area contributed by atoms with Crippen LogP contribution in [0.2, 0.25) is 0 Å². The van der Waals surface area contributed by atoms with Gasteiger partial charge in [-0.1, -0.05) is 18.2 Å². The van der Waals surface area contributed by atoms with Gasteiger partial charge in [0, 0.05) is 44.1 Å². The smallest absolute Gasteiger partial charge is 0.369 e. The summed E-state index contributed by atoms with van der Waals surface area (Å²) in [7, 11) is -3.58. The van der Waals surface area contributed by atoms with Crippen molar-refractivity contribution in [3.8, 4) is 0 Å². The number of piperazine rings is 1. The van der Waals surface area contributed by atoms with Crippen molar-refractivity contribution < 1.29 is 26.4 Å². The molecule has 7 nitrogen and oxygen atoms in total. The van der Waals surface area contributed by atoms with E-state index in [0.29, 0.717) is 26.2 Å². The predicted octanol–water partition coefficient (Wildman–Crippen LogP) is 3.29. The van der Waals surface area contributed by atoms with Crippen LogP contribution in [0.15, 0.2) is 48.5 Å². The van der Waals surface area contributed by atoms with Crippen molar-refractivity contribution in [3.05, 3.63) is 59.7 Å². The Morgan fingerprint density at radius 2 is 1.72 bits per heavy atom. The highest BCUT2D eigenvalue weighted by atomic mass is 32.2. The maximum absolute atomic E-state index is 12.8. The molecular formula is C21H25F3N4O3S. The highest BCUT2D eigenvalue weighted by Gasteiger charge is 2.30. The van der Waals surface area contributed by atoms with Gasteiger partial charge < -0.3 is 15.5 Å². The summed E-state index contributed by atoms with van der Waals surface area (Å²) >= 11 is 0. The van der Waals surface area contributed by atoms with Crippen LogP contribution in [0, 0.1) is 6.92 Å². The zero-order valence-electron chi connectivity index (χ0n) is 17.5. The number of carbonyl (C=O) groups excluding carboxylic acids is 1. The Hall–Kier alpha value is -2.79. The third kappa shape index (κ3) is 6.36. The zero-order valence-corrected chi connectivity index (χ0v) is 18.3. The van der Waals surface area contributed by atoms with E-state index in [0.717, 1.165) is 23.4 Å². The standard InChI is InChI=1S/C21H25F3N4O3S/c1-16-4-2-7-19(14-16)27-9-11-28(12-10-27)32(30,31)13-8-25-20(29)26-18-6-3-5-17(15-18)21(22,23)24/h2-7,14-15H,8-13H2,1H3,(H2,25,26,29). The van der Waals surface area contributed by atoms with E-state index in [4.69, 9.17) is 0 Å². The summed E-state index contributed by atoms with van der Waals surface area (Å²) in [6.07, 6.45) is -4.52. The molecule has 174 valence electrons. The Morgan fingerprint density at radius 3 is 2.38 bits per heavy atom. The van der Waals surface area contributed by atoms with Crippen molar-refractivity contribution in [1.82, 2.24) is 9.62 Å². The Balaban J connectivity index is 1.46. The molecule has 1 saturated heterocycles. The van der Waals surface area contributed by atoms with E-state index in [2.05, 4.69) is 21.6 Å². The lowest BCUT2D eigenvalue weighted by Crippen LogP contribution is -2.50. The number of rotatable bonds is 6. The van der Waals surface area contributed by atoms with Crippen molar-refractivity contribution in [2.45, 2.75) is 13.1 Å². The van der Waals surface area contributed by atoms with Crippen LogP contribution in [-0.4, -0.2) is 57.2 Å². The number of alkyl halides is 3. The lowest BCUT2D eigenvalue weighted by atomic mass is 10.2. The van der Waals surface area contributed by atoms with Crippen LogP contribution in [0.5, 0.6) is 0 Å². The van der Waals surface area contributed by atoms with Crippen LogP contribution in [0.25, 0.3) is 0 Å². The second-order valence-electron chi connectivity index (χ2n) is 7.50. The van der Waals surface area contributed by atoms with Gasteiger partial charge in [-0.05, 0) is 42.8 Å². The van der Waals surface area contributed by atoms with Gasteiger partial charge in [-0.3, -0.25) is 0 Å². The number of aryl methyl sites for hydroxylation is 1. The topological polar surface area (TPSA) is 81.8 Å². The Bertz CT molecular complexity index is 1050. The zero-order chi connectivity index (χ0) is 23.4. The summed E-state index contributed by atoms with van der Waals surface area (Å²) in [6.45, 7) is 3.64. The summed E-state index contributed by atoms with van der Waals surface area (Å²) < 4.78 is 64.8. The fourth-order valence-corrected chi connectivity index (χ4v) is 4.76. The number of halogens is 3. The molecule has 0 aliphatic carbocycles. The molecule has 2 amide bonds. The summed E-state index contributed by atoms with van der Waals surface area (Å²) in [5.41, 5.74) is 1.26. The highest BCUT2D eigenvalue weighted by molar-refractivity contribution is 7.89. The van der Waals surface area contributed by atoms with Gasteiger partial charge >= 0.3 is 12.2 Å². The molecule has 0 radical (unpaired) electrons. The molecule has 2 aromatic rings. The Kier molecular flexibility index (Phi) is 7.29. The Labute approximate surface area is 185 Å². The molecule has 11 heteroatoms. The highest BCUT2D eigenvalue weighted by Crippen LogP contribution is 2.30. The molecule has 1 aliphatic heterocycles. The van der Waals surface area contributed by atoms with E-state index in [-0.39, 0.29) is 18.0 Å². The van der Waals surface area contributed by atoms with Gasteiger partial charge in [0.25, 0.3) is 0 Å². The maximum Gasteiger partial charge on any atom is 0.416 e. The molecule has 0 spiro atoms. The number of anilines is 2. The minimum absolute atomic E-state index is 0.0348. The second kappa shape index (κ2) is 9.78. The SMILES string of the molecule is Cc1cccc(N2CCN(S(=O)(=O)CCNC(=O)Nc3cccc(C(F)(F)F)c3)CC2)c1. The molecule has 0 unspecified atom stereocenters. The summed E-state index contributed by atoms with van der Waals surface area (Å²) in [6, 6.07) is 11.4. The molecule has 1 aliphatic rings. The molecule has 0 atom stereocenters. The quantitative estimate of drug-likeness (QED) is 0.679. The van der Waals surface area contributed by atoms with Crippen LogP contribution < -0.4 is 15.5 Å². The van der Waals surface area contributed by atoms with Crippen molar-refractivity contribution in [1.29, 1.82) is 0 Å². The number of nitrogens with zero attached hydrogens (tertiary/aromatic N) is 2. The van der Waals surface area contributed by atoms with E-state index in [1.807, 2.05) is 25.1 Å². The fraction of sp³-hybridized carbons (Fsp3) is 0.381. The molecule has 2 aromatic carbocycles. The number of urea groups is 1.